The Hall–Kier alpha value is -2.70. The molecule has 0 radical (unpaired) electrons. The number of urea groups is 1. The highest BCUT2D eigenvalue weighted by Crippen LogP contribution is 2.29. The van der Waals surface area contributed by atoms with Crippen LogP contribution in [0.3, 0.4) is 0 Å². The van der Waals surface area contributed by atoms with Gasteiger partial charge in [-0.25, -0.2) is 14.8 Å². The molecule has 3 atom stereocenters. The third kappa shape index (κ3) is 4.28. The number of nitrogens with one attached hydrogen (secondary N) is 2. The summed E-state index contributed by atoms with van der Waals surface area (Å²) in [6.45, 7) is 4.05. The van der Waals surface area contributed by atoms with Crippen LogP contribution in [-0.2, 0) is 4.79 Å². The molecule has 1 aromatic carbocycles. The molecular formula is C19H24N4O3. The molecule has 0 bridgehead atoms. The smallest absolute Gasteiger partial charge is 0.321 e. The van der Waals surface area contributed by atoms with E-state index >= 15 is 0 Å². The highest BCUT2D eigenvalue weighted by molar-refractivity contribution is 5.95. The number of benzene rings is 1. The van der Waals surface area contributed by atoms with Crippen molar-refractivity contribution in [3.05, 3.63) is 30.6 Å². The molecule has 2 N–H and O–H groups in total. The molecule has 138 valence electrons. The Kier molecular flexibility index (Phi) is 5.65. The van der Waals surface area contributed by atoms with E-state index in [4.69, 9.17) is 4.74 Å². The number of carbonyl (C=O) groups is 2. The van der Waals surface area contributed by atoms with E-state index in [-0.39, 0.29) is 12.6 Å². The number of fused-ring (bicyclic) bond motifs is 1. The number of ether oxygens (including phenoxy) is 1. The zero-order valence-corrected chi connectivity index (χ0v) is 15.1. The number of para-hydroxylation sites is 1. The van der Waals surface area contributed by atoms with E-state index in [1.54, 1.807) is 0 Å². The fourth-order valence-electron chi connectivity index (χ4n) is 3.38. The van der Waals surface area contributed by atoms with Crippen LogP contribution >= 0.6 is 0 Å². The zero-order valence-electron chi connectivity index (χ0n) is 15.1. The predicted molar refractivity (Wildman–Crippen MR) is 97.7 cm³/mol. The maximum absolute atomic E-state index is 12.1. The Balaban J connectivity index is 1.51. The fourth-order valence-corrected chi connectivity index (χ4v) is 3.38. The summed E-state index contributed by atoms with van der Waals surface area (Å²) in [6, 6.07) is 6.99. The number of imide groups is 1. The molecule has 3 rings (SSSR count). The van der Waals surface area contributed by atoms with Gasteiger partial charge in [0.15, 0.2) is 6.61 Å². The van der Waals surface area contributed by atoms with Gasteiger partial charge < -0.3 is 10.1 Å². The summed E-state index contributed by atoms with van der Waals surface area (Å²) >= 11 is 0. The first-order valence-electron chi connectivity index (χ1n) is 8.97. The summed E-state index contributed by atoms with van der Waals surface area (Å²) < 4.78 is 5.47. The first-order valence-corrected chi connectivity index (χ1v) is 8.97. The molecule has 26 heavy (non-hydrogen) atoms. The van der Waals surface area contributed by atoms with Crippen LogP contribution < -0.4 is 15.4 Å². The Morgan fingerprint density at radius 1 is 1.19 bits per heavy atom. The molecule has 0 saturated heterocycles. The Labute approximate surface area is 152 Å². The molecule has 7 heteroatoms. The number of hydrogen-bond acceptors (Lipinski definition) is 5. The normalized spacial score (nSPS) is 22.6. The standard InChI is InChI=1S/C19H24N4O3/c1-12-6-5-9-15(13(12)2)22-19(25)23-17(24)10-26-18-14-7-3-4-8-16(14)20-11-21-18/h3-4,7-8,11-13,15H,5-6,9-10H2,1-2H3,(H2,22,23,24,25)/t12-,13+,15+/m1/s1. The van der Waals surface area contributed by atoms with Crippen molar-refractivity contribution in [2.24, 2.45) is 11.8 Å². The second-order valence-electron chi connectivity index (χ2n) is 6.88. The van der Waals surface area contributed by atoms with Crippen molar-refractivity contribution in [3.8, 4) is 5.88 Å². The summed E-state index contributed by atoms with van der Waals surface area (Å²) in [4.78, 5) is 32.3. The van der Waals surface area contributed by atoms with E-state index in [0.717, 1.165) is 23.7 Å². The van der Waals surface area contributed by atoms with E-state index in [1.165, 1.54) is 12.7 Å². The third-order valence-electron chi connectivity index (χ3n) is 5.12. The van der Waals surface area contributed by atoms with Gasteiger partial charge in [0.25, 0.3) is 5.91 Å². The van der Waals surface area contributed by atoms with Crippen LogP contribution in [0, 0.1) is 11.8 Å². The second kappa shape index (κ2) is 8.12. The molecule has 1 heterocycles. The topological polar surface area (TPSA) is 93.2 Å². The lowest BCUT2D eigenvalue weighted by Crippen LogP contribution is -2.50. The number of rotatable bonds is 4. The molecule has 2 aromatic rings. The number of carbonyl (C=O) groups excluding carboxylic acids is 2. The minimum Gasteiger partial charge on any atom is -0.467 e. The average Bonchev–Trinajstić information content (AvgIpc) is 2.63. The summed E-state index contributed by atoms with van der Waals surface area (Å²) in [5.41, 5.74) is 0.732. The van der Waals surface area contributed by atoms with Gasteiger partial charge in [0.2, 0.25) is 5.88 Å². The van der Waals surface area contributed by atoms with Gasteiger partial charge >= 0.3 is 6.03 Å². The molecule has 1 aromatic heterocycles. The summed E-state index contributed by atoms with van der Waals surface area (Å²) in [5, 5.41) is 5.95. The molecule has 1 aliphatic rings. The highest BCUT2D eigenvalue weighted by atomic mass is 16.5. The Bertz CT molecular complexity index is 790. The summed E-state index contributed by atoms with van der Waals surface area (Å²) in [6.07, 6.45) is 4.60. The SMILES string of the molecule is C[C@H]1[C@H](C)CCC[C@@H]1NC(=O)NC(=O)COc1ncnc2ccccc12. The molecule has 1 saturated carbocycles. The van der Waals surface area contributed by atoms with E-state index < -0.39 is 11.9 Å². The van der Waals surface area contributed by atoms with Crippen LogP contribution in [-0.4, -0.2) is 34.6 Å². The molecule has 3 amide bonds. The van der Waals surface area contributed by atoms with E-state index in [0.29, 0.717) is 17.7 Å². The largest absolute Gasteiger partial charge is 0.467 e. The lowest BCUT2D eigenvalue weighted by atomic mass is 9.78. The van der Waals surface area contributed by atoms with Crippen LogP contribution in [0.15, 0.2) is 30.6 Å². The van der Waals surface area contributed by atoms with Gasteiger partial charge in [0.1, 0.15) is 6.33 Å². The van der Waals surface area contributed by atoms with Gasteiger partial charge in [0, 0.05) is 6.04 Å². The monoisotopic (exact) mass is 356 g/mol. The Morgan fingerprint density at radius 3 is 2.85 bits per heavy atom. The summed E-state index contributed by atoms with van der Waals surface area (Å²) in [5.74, 6) is 0.773. The van der Waals surface area contributed by atoms with Crippen LogP contribution in [0.4, 0.5) is 4.79 Å². The predicted octanol–water partition coefficient (Wildman–Crippen LogP) is 2.66. The minimum absolute atomic E-state index is 0.0956. The minimum atomic E-state index is -0.512. The van der Waals surface area contributed by atoms with Crippen LogP contribution in [0.5, 0.6) is 5.88 Å². The van der Waals surface area contributed by atoms with Crippen LogP contribution in [0.2, 0.25) is 0 Å². The maximum atomic E-state index is 12.1. The van der Waals surface area contributed by atoms with Crippen molar-refractivity contribution in [2.45, 2.75) is 39.2 Å². The molecule has 0 aliphatic heterocycles. The van der Waals surface area contributed by atoms with E-state index in [9.17, 15) is 9.59 Å². The lowest BCUT2D eigenvalue weighted by Gasteiger charge is -2.34. The first-order chi connectivity index (χ1) is 12.5. The fraction of sp³-hybridized carbons (Fsp3) is 0.474. The van der Waals surface area contributed by atoms with Crippen molar-refractivity contribution in [3.63, 3.8) is 0 Å². The number of nitrogens with zero attached hydrogens (tertiary/aromatic N) is 2. The van der Waals surface area contributed by atoms with Crippen molar-refractivity contribution >= 4 is 22.8 Å². The second-order valence-corrected chi connectivity index (χ2v) is 6.88. The molecule has 0 unspecified atom stereocenters. The molecule has 1 fully saturated rings. The lowest BCUT2D eigenvalue weighted by molar-refractivity contribution is -0.122. The van der Waals surface area contributed by atoms with Gasteiger partial charge in [-0.05, 0) is 30.4 Å². The van der Waals surface area contributed by atoms with Crippen molar-refractivity contribution < 1.29 is 14.3 Å². The number of aromatic nitrogens is 2. The van der Waals surface area contributed by atoms with E-state index in [2.05, 4.69) is 34.4 Å². The number of hydrogen-bond donors (Lipinski definition) is 2. The highest BCUT2D eigenvalue weighted by Gasteiger charge is 2.28. The van der Waals surface area contributed by atoms with Gasteiger partial charge in [-0.2, -0.15) is 0 Å². The van der Waals surface area contributed by atoms with Gasteiger partial charge in [0.05, 0.1) is 10.9 Å². The molecule has 7 nitrogen and oxygen atoms in total. The van der Waals surface area contributed by atoms with Crippen LogP contribution in [0.1, 0.15) is 33.1 Å². The van der Waals surface area contributed by atoms with Crippen molar-refractivity contribution in [1.82, 2.24) is 20.6 Å². The van der Waals surface area contributed by atoms with Gasteiger partial charge in [-0.15, -0.1) is 0 Å². The van der Waals surface area contributed by atoms with Crippen molar-refractivity contribution in [1.29, 1.82) is 0 Å². The quantitative estimate of drug-likeness (QED) is 0.878. The van der Waals surface area contributed by atoms with Crippen molar-refractivity contribution in [2.75, 3.05) is 6.61 Å². The van der Waals surface area contributed by atoms with Gasteiger partial charge in [-0.1, -0.05) is 38.8 Å². The third-order valence-corrected chi connectivity index (χ3v) is 5.12. The number of amides is 3. The first kappa shape index (κ1) is 18.1. The summed E-state index contributed by atoms with van der Waals surface area (Å²) in [7, 11) is 0. The Morgan fingerprint density at radius 2 is 2.00 bits per heavy atom. The van der Waals surface area contributed by atoms with Gasteiger partial charge in [-0.3, -0.25) is 10.1 Å². The molecule has 0 spiro atoms. The molecular weight excluding hydrogens is 332 g/mol. The van der Waals surface area contributed by atoms with Crippen LogP contribution in [0.25, 0.3) is 10.9 Å². The molecule has 1 aliphatic carbocycles. The van der Waals surface area contributed by atoms with E-state index in [1.807, 2.05) is 24.3 Å². The zero-order chi connectivity index (χ0) is 18.5. The average molecular weight is 356 g/mol. The maximum Gasteiger partial charge on any atom is 0.321 e.